The molecule has 0 radical (unpaired) electrons. The number of rotatable bonds is 4. The number of nitrogens with zero attached hydrogens (tertiary/aromatic N) is 3. The molecular formula is C21H19ClN4O3S. The number of aliphatic hydroxyl groups excluding tert-OH is 1. The van der Waals surface area contributed by atoms with Gasteiger partial charge in [-0.15, -0.1) is 23.7 Å². The maximum absolute atomic E-state index is 13.0. The van der Waals surface area contributed by atoms with Gasteiger partial charge in [0.2, 0.25) is 0 Å². The number of thiophene rings is 1. The molecule has 0 saturated heterocycles. The second-order valence-corrected chi connectivity index (χ2v) is 8.00. The van der Waals surface area contributed by atoms with E-state index in [2.05, 4.69) is 20.3 Å². The number of fused-ring (bicyclic) bond motifs is 2. The van der Waals surface area contributed by atoms with Gasteiger partial charge in [0.15, 0.2) is 0 Å². The normalized spacial score (nSPS) is 18.3. The van der Waals surface area contributed by atoms with Gasteiger partial charge in [-0.25, -0.2) is 9.97 Å². The summed E-state index contributed by atoms with van der Waals surface area (Å²) in [6.45, 7) is 0. The Balaban J connectivity index is 0.00000218. The summed E-state index contributed by atoms with van der Waals surface area (Å²) in [5.41, 5.74) is 2.49. The van der Waals surface area contributed by atoms with Gasteiger partial charge >= 0.3 is 0 Å². The van der Waals surface area contributed by atoms with Crippen molar-refractivity contribution in [3.63, 3.8) is 0 Å². The van der Waals surface area contributed by atoms with Crippen molar-refractivity contribution < 1.29 is 14.6 Å². The molecule has 1 aliphatic carbocycles. The highest BCUT2D eigenvalue weighted by atomic mass is 35.5. The lowest BCUT2D eigenvalue weighted by Gasteiger charge is -2.18. The number of pyridine rings is 1. The molecule has 1 saturated carbocycles. The summed E-state index contributed by atoms with van der Waals surface area (Å²) in [5, 5.41) is 15.5. The fraction of sp³-hybridized carbons (Fsp3) is 0.238. The second-order valence-electron chi connectivity index (χ2n) is 7.09. The van der Waals surface area contributed by atoms with E-state index in [0.29, 0.717) is 28.9 Å². The highest BCUT2D eigenvalue weighted by Crippen LogP contribution is 2.34. The number of aliphatic hydroxyl groups is 1. The largest absolute Gasteiger partial charge is 0.488 e. The standard InChI is InChI=1S/C21H18N4O3S.ClH/c26-13-3-4-14(7-13)28-18-8-16-12(2-1-5-23-16)6-17(18)25-21(27)15-10-29-19-9-22-11-24-20(15)19;/h1-2,5-6,8-11,13-14,26H,3-4,7H2,(H,25,27);1H. The molecule has 7 nitrogen and oxygen atoms in total. The zero-order valence-corrected chi connectivity index (χ0v) is 17.4. The predicted octanol–water partition coefficient (Wildman–Crippen LogP) is 4.21. The predicted molar refractivity (Wildman–Crippen MR) is 119 cm³/mol. The Hall–Kier alpha value is -2.81. The quantitative estimate of drug-likeness (QED) is 0.491. The van der Waals surface area contributed by atoms with Crippen LogP contribution in [-0.4, -0.2) is 38.2 Å². The molecule has 0 spiro atoms. The molecule has 0 bridgehead atoms. The smallest absolute Gasteiger partial charge is 0.258 e. The van der Waals surface area contributed by atoms with Crippen LogP contribution in [0.25, 0.3) is 21.1 Å². The van der Waals surface area contributed by atoms with E-state index in [1.54, 1.807) is 17.8 Å². The van der Waals surface area contributed by atoms with E-state index in [9.17, 15) is 9.90 Å². The molecule has 0 aliphatic heterocycles. The molecule has 9 heteroatoms. The van der Waals surface area contributed by atoms with Crippen molar-refractivity contribution in [3.8, 4) is 5.75 Å². The monoisotopic (exact) mass is 442 g/mol. The van der Waals surface area contributed by atoms with Gasteiger partial charge in [0, 0.05) is 35.6 Å². The summed E-state index contributed by atoms with van der Waals surface area (Å²) in [4.78, 5) is 25.6. The van der Waals surface area contributed by atoms with Crippen LogP contribution in [0.15, 0.2) is 48.4 Å². The lowest BCUT2D eigenvalue weighted by atomic mass is 10.1. The third-order valence-corrected chi connectivity index (χ3v) is 5.99. The van der Waals surface area contributed by atoms with Gasteiger partial charge in [-0.05, 0) is 25.0 Å². The minimum atomic E-state index is -0.339. The van der Waals surface area contributed by atoms with Crippen LogP contribution in [-0.2, 0) is 0 Å². The highest BCUT2D eigenvalue weighted by Gasteiger charge is 2.26. The van der Waals surface area contributed by atoms with Crippen molar-refractivity contribution in [2.75, 3.05) is 5.32 Å². The zero-order chi connectivity index (χ0) is 19.8. The first-order valence-electron chi connectivity index (χ1n) is 9.39. The van der Waals surface area contributed by atoms with Crippen molar-refractivity contribution in [3.05, 3.63) is 53.9 Å². The number of hydrogen-bond donors (Lipinski definition) is 2. The molecule has 4 aromatic rings. The molecule has 1 fully saturated rings. The van der Waals surface area contributed by atoms with E-state index in [4.69, 9.17) is 4.74 Å². The summed E-state index contributed by atoms with van der Waals surface area (Å²) in [6.07, 6.45) is 6.52. The van der Waals surface area contributed by atoms with Gasteiger partial charge in [0.25, 0.3) is 5.91 Å². The molecule has 154 valence electrons. The van der Waals surface area contributed by atoms with Crippen molar-refractivity contribution in [2.45, 2.75) is 31.5 Å². The molecule has 1 aromatic carbocycles. The highest BCUT2D eigenvalue weighted by molar-refractivity contribution is 7.17. The number of nitrogens with one attached hydrogen (secondary N) is 1. The van der Waals surface area contributed by atoms with Crippen LogP contribution in [0.1, 0.15) is 29.6 Å². The fourth-order valence-electron chi connectivity index (χ4n) is 3.63. The average Bonchev–Trinajstić information content (AvgIpc) is 3.34. The van der Waals surface area contributed by atoms with Gasteiger partial charge in [-0.1, -0.05) is 6.07 Å². The van der Waals surface area contributed by atoms with Crippen LogP contribution in [0, 0.1) is 0 Å². The summed E-state index contributed by atoms with van der Waals surface area (Å²) in [7, 11) is 0. The Labute approximate surface area is 182 Å². The molecule has 1 amide bonds. The Morgan fingerprint density at radius 1 is 1.27 bits per heavy atom. The summed E-state index contributed by atoms with van der Waals surface area (Å²) in [5.74, 6) is 0.298. The molecule has 2 N–H and O–H groups in total. The third-order valence-electron chi connectivity index (χ3n) is 5.09. The number of halogens is 1. The van der Waals surface area contributed by atoms with Gasteiger partial charge in [0.1, 0.15) is 18.2 Å². The van der Waals surface area contributed by atoms with E-state index in [-0.39, 0.29) is 30.5 Å². The van der Waals surface area contributed by atoms with Crippen LogP contribution in [0.3, 0.4) is 0 Å². The molecule has 3 aromatic heterocycles. The maximum Gasteiger partial charge on any atom is 0.258 e. The number of anilines is 1. The zero-order valence-electron chi connectivity index (χ0n) is 15.8. The van der Waals surface area contributed by atoms with E-state index in [1.165, 1.54) is 17.7 Å². The minimum absolute atomic E-state index is 0. The maximum atomic E-state index is 13.0. The third kappa shape index (κ3) is 3.94. The molecule has 1 aliphatic rings. The van der Waals surface area contributed by atoms with E-state index >= 15 is 0 Å². The molecule has 30 heavy (non-hydrogen) atoms. The van der Waals surface area contributed by atoms with E-state index in [1.807, 2.05) is 24.3 Å². The van der Waals surface area contributed by atoms with Gasteiger partial charge < -0.3 is 15.2 Å². The minimum Gasteiger partial charge on any atom is -0.488 e. The van der Waals surface area contributed by atoms with Crippen molar-refractivity contribution in [1.29, 1.82) is 0 Å². The SMILES string of the molecule is Cl.O=C(Nc1cc2cccnc2cc1OC1CCC(O)C1)c1csc2cncnc12. The molecular weight excluding hydrogens is 424 g/mol. The number of ether oxygens (including phenoxy) is 1. The van der Waals surface area contributed by atoms with Crippen molar-refractivity contribution >= 4 is 56.5 Å². The number of carbonyl (C=O) groups is 1. The summed E-state index contributed by atoms with van der Waals surface area (Å²) in [6, 6.07) is 7.49. The van der Waals surface area contributed by atoms with Crippen LogP contribution < -0.4 is 10.1 Å². The topological polar surface area (TPSA) is 97.2 Å². The number of aromatic nitrogens is 3. The lowest BCUT2D eigenvalue weighted by molar-refractivity contribution is 0.102. The number of carbonyl (C=O) groups excluding carboxylic acids is 1. The Morgan fingerprint density at radius 2 is 2.17 bits per heavy atom. The van der Waals surface area contributed by atoms with Crippen LogP contribution in [0.4, 0.5) is 5.69 Å². The first-order valence-corrected chi connectivity index (χ1v) is 10.3. The number of amides is 1. The molecule has 3 heterocycles. The summed E-state index contributed by atoms with van der Waals surface area (Å²) >= 11 is 1.43. The van der Waals surface area contributed by atoms with Crippen LogP contribution in [0.2, 0.25) is 0 Å². The number of benzene rings is 1. The molecule has 5 rings (SSSR count). The second kappa shape index (κ2) is 8.51. The van der Waals surface area contributed by atoms with Gasteiger partial charge in [-0.3, -0.25) is 9.78 Å². The van der Waals surface area contributed by atoms with E-state index in [0.717, 1.165) is 28.4 Å². The Bertz CT molecular complexity index is 1220. The lowest BCUT2D eigenvalue weighted by Crippen LogP contribution is -2.17. The first-order chi connectivity index (χ1) is 14.2. The van der Waals surface area contributed by atoms with Crippen molar-refractivity contribution in [2.24, 2.45) is 0 Å². The van der Waals surface area contributed by atoms with Gasteiger partial charge in [-0.2, -0.15) is 0 Å². The van der Waals surface area contributed by atoms with E-state index < -0.39 is 0 Å². The average molecular weight is 443 g/mol. The van der Waals surface area contributed by atoms with Crippen molar-refractivity contribution in [1.82, 2.24) is 15.0 Å². The first kappa shape index (κ1) is 20.5. The number of hydrogen-bond acceptors (Lipinski definition) is 7. The Kier molecular flexibility index (Phi) is 5.80. The van der Waals surface area contributed by atoms with Crippen LogP contribution in [0.5, 0.6) is 5.75 Å². The summed E-state index contributed by atoms with van der Waals surface area (Å²) < 4.78 is 7.01. The van der Waals surface area contributed by atoms with Gasteiger partial charge in [0.05, 0.1) is 33.1 Å². The molecule has 2 atom stereocenters. The fourth-order valence-corrected chi connectivity index (χ4v) is 4.49. The Morgan fingerprint density at radius 3 is 3.00 bits per heavy atom. The van der Waals surface area contributed by atoms with Crippen LogP contribution >= 0.6 is 23.7 Å². The molecule has 2 unspecified atom stereocenters.